The van der Waals surface area contributed by atoms with Crippen molar-refractivity contribution in [3.63, 3.8) is 0 Å². The summed E-state index contributed by atoms with van der Waals surface area (Å²) in [5.74, 6) is -0.692. The molecular weight excluding hydrogens is 367 g/mol. The molecule has 1 N–H and O–H groups in total. The summed E-state index contributed by atoms with van der Waals surface area (Å²) in [6, 6.07) is 11.9. The van der Waals surface area contributed by atoms with Gasteiger partial charge in [-0.25, -0.2) is 12.8 Å². The van der Waals surface area contributed by atoms with Gasteiger partial charge in [-0.05, 0) is 60.9 Å². The molecule has 0 aromatic heterocycles. The molecule has 2 aromatic carbocycles. The van der Waals surface area contributed by atoms with Crippen LogP contribution in [0.1, 0.15) is 24.8 Å². The lowest BCUT2D eigenvalue weighted by molar-refractivity contribution is -0.111. The highest BCUT2D eigenvalue weighted by Gasteiger charge is 2.25. The molecule has 1 aliphatic heterocycles. The van der Waals surface area contributed by atoms with E-state index < -0.39 is 10.0 Å². The van der Waals surface area contributed by atoms with E-state index in [4.69, 9.17) is 0 Å². The van der Waals surface area contributed by atoms with E-state index in [9.17, 15) is 17.6 Å². The van der Waals surface area contributed by atoms with Crippen molar-refractivity contribution in [2.45, 2.75) is 24.2 Å². The summed E-state index contributed by atoms with van der Waals surface area (Å²) in [5.41, 5.74) is 1.20. The predicted molar refractivity (Wildman–Crippen MR) is 103 cm³/mol. The molecule has 0 radical (unpaired) electrons. The number of nitrogens with one attached hydrogen (secondary N) is 1. The second kappa shape index (κ2) is 8.45. The monoisotopic (exact) mass is 388 g/mol. The van der Waals surface area contributed by atoms with Crippen molar-refractivity contribution in [1.29, 1.82) is 0 Å². The highest BCUT2D eigenvalue weighted by atomic mass is 32.2. The van der Waals surface area contributed by atoms with Crippen molar-refractivity contribution < 1.29 is 17.6 Å². The molecule has 0 aliphatic carbocycles. The molecule has 1 amide bonds. The summed E-state index contributed by atoms with van der Waals surface area (Å²) in [6.07, 6.45) is 5.74. The third kappa shape index (κ3) is 5.02. The van der Waals surface area contributed by atoms with Crippen LogP contribution in [0.3, 0.4) is 0 Å². The number of rotatable bonds is 5. The first-order valence-electron chi connectivity index (χ1n) is 8.80. The van der Waals surface area contributed by atoms with E-state index >= 15 is 0 Å². The molecule has 1 saturated heterocycles. The minimum absolute atomic E-state index is 0.226. The number of piperidine rings is 1. The first-order valence-corrected chi connectivity index (χ1v) is 10.2. The van der Waals surface area contributed by atoms with E-state index in [1.54, 1.807) is 30.3 Å². The topological polar surface area (TPSA) is 66.5 Å². The Bertz CT molecular complexity index is 917. The molecule has 27 heavy (non-hydrogen) atoms. The van der Waals surface area contributed by atoms with Crippen LogP contribution in [0.5, 0.6) is 0 Å². The van der Waals surface area contributed by atoms with Gasteiger partial charge in [0.25, 0.3) is 0 Å². The maximum Gasteiger partial charge on any atom is 0.248 e. The predicted octanol–water partition coefficient (Wildman–Crippen LogP) is 3.65. The van der Waals surface area contributed by atoms with E-state index in [2.05, 4.69) is 5.32 Å². The van der Waals surface area contributed by atoms with Gasteiger partial charge in [0.2, 0.25) is 15.9 Å². The Labute approximate surface area is 158 Å². The van der Waals surface area contributed by atoms with Gasteiger partial charge in [0.15, 0.2) is 0 Å². The standard InChI is InChI=1S/C20H21FN2O3S/c21-17-7-4-16(5-8-17)6-13-20(24)22-18-9-11-19(12-10-18)27(25,26)23-14-2-1-3-15-23/h4-13H,1-3,14-15H2,(H,22,24)/b13-6+. The normalized spacial score (nSPS) is 15.7. The van der Waals surface area contributed by atoms with Gasteiger partial charge in [-0.1, -0.05) is 18.6 Å². The Morgan fingerprint density at radius 1 is 0.963 bits per heavy atom. The zero-order valence-corrected chi connectivity index (χ0v) is 15.6. The number of halogens is 1. The highest BCUT2D eigenvalue weighted by Crippen LogP contribution is 2.22. The number of hydrogen-bond donors (Lipinski definition) is 1. The molecule has 0 bridgehead atoms. The minimum atomic E-state index is -3.48. The fraction of sp³-hybridized carbons (Fsp3) is 0.250. The third-order valence-corrected chi connectivity index (χ3v) is 6.28. The molecule has 1 heterocycles. The van der Waals surface area contributed by atoms with E-state index in [1.165, 1.54) is 34.6 Å². The van der Waals surface area contributed by atoms with Crippen molar-refractivity contribution >= 4 is 27.7 Å². The molecule has 0 saturated carbocycles. The van der Waals surface area contributed by atoms with Gasteiger partial charge < -0.3 is 5.32 Å². The van der Waals surface area contributed by atoms with Crippen molar-refractivity contribution in [3.8, 4) is 0 Å². The Hall–Kier alpha value is -2.51. The summed E-state index contributed by atoms with van der Waals surface area (Å²) in [5, 5.41) is 2.67. The number of nitrogens with zero attached hydrogens (tertiary/aromatic N) is 1. The van der Waals surface area contributed by atoms with Crippen LogP contribution in [-0.2, 0) is 14.8 Å². The number of anilines is 1. The Morgan fingerprint density at radius 2 is 1.59 bits per heavy atom. The van der Waals surface area contributed by atoms with Gasteiger partial charge in [-0.2, -0.15) is 4.31 Å². The number of carbonyl (C=O) groups is 1. The van der Waals surface area contributed by atoms with Crippen molar-refractivity contribution in [1.82, 2.24) is 4.31 Å². The van der Waals surface area contributed by atoms with Crippen LogP contribution in [0.2, 0.25) is 0 Å². The molecule has 1 fully saturated rings. The SMILES string of the molecule is O=C(/C=C/c1ccc(F)cc1)Nc1ccc(S(=O)(=O)N2CCCCC2)cc1. The third-order valence-electron chi connectivity index (χ3n) is 4.37. The van der Waals surface area contributed by atoms with Crippen LogP contribution in [0, 0.1) is 5.82 Å². The van der Waals surface area contributed by atoms with Gasteiger partial charge in [0.05, 0.1) is 4.90 Å². The van der Waals surface area contributed by atoms with Gasteiger partial charge in [-0.15, -0.1) is 0 Å². The quantitative estimate of drug-likeness (QED) is 0.795. The Kier molecular flexibility index (Phi) is 6.03. The van der Waals surface area contributed by atoms with Crippen LogP contribution in [0.25, 0.3) is 6.08 Å². The fourth-order valence-corrected chi connectivity index (χ4v) is 4.41. The first kappa shape index (κ1) is 19.3. The molecule has 0 unspecified atom stereocenters. The second-order valence-electron chi connectivity index (χ2n) is 6.36. The summed E-state index contributed by atoms with van der Waals surface area (Å²) in [6.45, 7) is 1.10. The van der Waals surface area contributed by atoms with E-state index in [-0.39, 0.29) is 16.6 Å². The van der Waals surface area contributed by atoms with Gasteiger partial charge in [0.1, 0.15) is 5.82 Å². The van der Waals surface area contributed by atoms with Gasteiger partial charge in [0, 0.05) is 24.9 Å². The molecular formula is C20H21FN2O3S. The van der Waals surface area contributed by atoms with E-state index in [1.807, 2.05) is 0 Å². The van der Waals surface area contributed by atoms with Gasteiger partial charge >= 0.3 is 0 Å². The average molecular weight is 388 g/mol. The lowest BCUT2D eigenvalue weighted by Gasteiger charge is -2.25. The van der Waals surface area contributed by atoms with Gasteiger partial charge in [-0.3, -0.25) is 4.79 Å². The molecule has 5 nitrogen and oxygen atoms in total. The zero-order chi connectivity index (χ0) is 19.3. The largest absolute Gasteiger partial charge is 0.323 e. The number of hydrogen-bond acceptors (Lipinski definition) is 3. The molecule has 3 rings (SSSR count). The first-order chi connectivity index (χ1) is 12.9. The lowest BCUT2D eigenvalue weighted by atomic mass is 10.2. The summed E-state index contributed by atoms with van der Waals surface area (Å²) < 4.78 is 39.6. The van der Waals surface area contributed by atoms with E-state index in [0.717, 1.165) is 19.3 Å². The zero-order valence-electron chi connectivity index (χ0n) is 14.8. The van der Waals surface area contributed by atoms with E-state index in [0.29, 0.717) is 24.3 Å². The molecule has 1 aliphatic rings. The number of sulfonamides is 1. The molecule has 0 atom stereocenters. The Morgan fingerprint density at radius 3 is 2.22 bits per heavy atom. The fourth-order valence-electron chi connectivity index (χ4n) is 2.89. The molecule has 0 spiro atoms. The van der Waals surface area contributed by atoms with Crippen molar-refractivity contribution in [2.75, 3.05) is 18.4 Å². The second-order valence-corrected chi connectivity index (χ2v) is 8.30. The minimum Gasteiger partial charge on any atom is -0.323 e. The lowest BCUT2D eigenvalue weighted by Crippen LogP contribution is -2.35. The van der Waals surface area contributed by atoms with Crippen molar-refractivity contribution in [2.24, 2.45) is 0 Å². The molecule has 7 heteroatoms. The van der Waals surface area contributed by atoms with Crippen LogP contribution in [0.4, 0.5) is 10.1 Å². The van der Waals surface area contributed by atoms with Crippen LogP contribution < -0.4 is 5.32 Å². The molecule has 142 valence electrons. The molecule has 2 aromatic rings. The number of amides is 1. The van der Waals surface area contributed by atoms with Crippen molar-refractivity contribution in [3.05, 3.63) is 66.0 Å². The van der Waals surface area contributed by atoms with Crippen LogP contribution >= 0.6 is 0 Å². The summed E-state index contributed by atoms with van der Waals surface area (Å²) in [4.78, 5) is 12.2. The number of carbonyl (C=O) groups excluding carboxylic acids is 1. The maximum absolute atomic E-state index is 12.9. The van der Waals surface area contributed by atoms with Crippen LogP contribution in [0.15, 0.2) is 59.5 Å². The summed E-state index contributed by atoms with van der Waals surface area (Å²) in [7, 11) is -3.48. The smallest absolute Gasteiger partial charge is 0.248 e. The Balaban J connectivity index is 1.63. The average Bonchev–Trinajstić information content (AvgIpc) is 2.69. The number of benzene rings is 2. The highest BCUT2D eigenvalue weighted by molar-refractivity contribution is 7.89. The summed E-state index contributed by atoms with van der Waals surface area (Å²) >= 11 is 0. The van der Waals surface area contributed by atoms with Crippen LogP contribution in [-0.4, -0.2) is 31.7 Å². The maximum atomic E-state index is 12.9.